The third kappa shape index (κ3) is 3.77. The molecule has 1 saturated heterocycles. The number of nitrogens with one attached hydrogen (secondary N) is 2. The number of hydrogen-bond acceptors (Lipinski definition) is 4. The maximum Gasteiger partial charge on any atom is 0.256 e. The minimum Gasteiger partial charge on any atom is -0.314 e. The Morgan fingerprint density at radius 1 is 1.03 bits per heavy atom. The minimum absolute atomic E-state index is 0.119. The Morgan fingerprint density at radius 3 is 2.66 bits per heavy atom. The Hall–Kier alpha value is -1.66. The van der Waals surface area contributed by atoms with Gasteiger partial charge in [0, 0.05) is 23.5 Å². The van der Waals surface area contributed by atoms with Gasteiger partial charge in [-0.2, -0.15) is 5.10 Å². The number of rotatable bonds is 6. The van der Waals surface area contributed by atoms with Crippen LogP contribution in [0.5, 0.6) is 0 Å². The highest BCUT2D eigenvalue weighted by Crippen LogP contribution is 2.29. The number of aryl methyl sites for hydroxylation is 2. The van der Waals surface area contributed by atoms with Gasteiger partial charge in [-0.1, -0.05) is 19.3 Å². The summed E-state index contributed by atoms with van der Waals surface area (Å²) in [6.45, 7) is 2.90. The Morgan fingerprint density at radius 2 is 1.86 bits per heavy atom. The molecule has 3 aliphatic rings. The summed E-state index contributed by atoms with van der Waals surface area (Å²) in [4.78, 5) is 13.5. The lowest BCUT2D eigenvalue weighted by Crippen LogP contribution is -2.35. The van der Waals surface area contributed by atoms with E-state index in [2.05, 4.69) is 15.3 Å². The Balaban J connectivity index is 1.41. The van der Waals surface area contributed by atoms with Crippen LogP contribution in [0.3, 0.4) is 0 Å². The summed E-state index contributed by atoms with van der Waals surface area (Å²) in [5, 5.41) is 13.3. The van der Waals surface area contributed by atoms with Crippen molar-refractivity contribution >= 4 is 11.0 Å². The quantitative estimate of drug-likeness (QED) is 0.735. The van der Waals surface area contributed by atoms with Crippen molar-refractivity contribution in [2.45, 2.75) is 95.8 Å². The lowest BCUT2D eigenvalue weighted by Gasteiger charge is -2.24. The average Bonchev–Trinajstić information content (AvgIpc) is 3.43. The first-order chi connectivity index (χ1) is 14.3. The molecule has 6 heteroatoms. The van der Waals surface area contributed by atoms with Gasteiger partial charge in [0.05, 0.1) is 12.4 Å². The first kappa shape index (κ1) is 19.3. The van der Waals surface area contributed by atoms with E-state index in [1.807, 2.05) is 10.8 Å². The molecule has 2 fully saturated rings. The monoisotopic (exact) mass is 397 g/mol. The molecule has 0 spiro atoms. The van der Waals surface area contributed by atoms with Crippen LogP contribution < -0.4 is 16.2 Å². The van der Waals surface area contributed by atoms with Gasteiger partial charge in [0.2, 0.25) is 0 Å². The zero-order valence-corrected chi connectivity index (χ0v) is 17.6. The van der Waals surface area contributed by atoms with Crippen LogP contribution in [0.25, 0.3) is 11.0 Å². The summed E-state index contributed by atoms with van der Waals surface area (Å²) >= 11 is 0. The molecule has 0 aromatic carbocycles. The van der Waals surface area contributed by atoms with Gasteiger partial charge in [0.1, 0.15) is 5.65 Å². The zero-order chi connectivity index (χ0) is 19.6. The maximum atomic E-state index is 13.5. The maximum absolute atomic E-state index is 13.5. The van der Waals surface area contributed by atoms with E-state index in [-0.39, 0.29) is 11.7 Å². The molecule has 0 bridgehead atoms. The minimum atomic E-state index is 0.119. The predicted octanol–water partition coefficient (Wildman–Crippen LogP) is 3.27. The van der Waals surface area contributed by atoms with Gasteiger partial charge in [-0.25, -0.2) is 4.68 Å². The lowest BCUT2D eigenvalue weighted by molar-refractivity contribution is 0.367. The van der Waals surface area contributed by atoms with Crippen molar-refractivity contribution < 1.29 is 0 Å². The molecule has 2 aliphatic carbocycles. The number of nitrogens with zero attached hydrogens (tertiary/aromatic N) is 3. The fourth-order valence-electron chi connectivity index (χ4n) is 5.71. The molecule has 0 radical (unpaired) electrons. The van der Waals surface area contributed by atoms with Gasteiger partial charge in [-0.3, -0.25) is 14.7 Å². The highest BCUT2D eigenvalue weighted by Gasteiger charge is 2.27. The highest BCUT2D eigenvalue weighted by molar-refractivity contribution is 5.81. The van der Waals surface area contributed by atoms with E-state index in [0.29, 0.717) is 6.04 Å². The molecule has 3 heterocycles. The molecule has 6 nitrogen and oxygen atoms in total. The van der Waals surface area contributed by atoms with Crippen LogP contribution in [0, 0.1) is 0 Å². The highest BCUT2D eigenvalue weighted by atomic mass is 16.1. The van der Waals surface area contributed by atoms with Gasteiger partial charge < -0.3 is 5.32 Å². The molecule has 2 aromatic rings. The van der Waals surface area contributed by atoms with E-state index < -0.39 is 0 Å². The summed E-state index contributed by atoms with van der Waals surface area (Å²) in [6, 6.07) is 0.700. The van der Waals surface area contributed by atoms with E-state index in [1.165, 1.54) is 49.5 Å². The summed E-state index contributed by atoms with van der Waals surface area (Å²) in [6.07, 6.45) is 16.4. The number of fused-ring (bicyclic) bond motifs is 3. The Kier molecular flexibility index (Phi) is 5.73. The van der Waals surface area contributed by atoms with Crippen molar-refractivity contribution in [2.24, 2.45) is 0 Å². The molecule has 29 heavy (non-hydrogen) atoms. The van der Waals surface area contributed by atoms with Crippen LogP contribution in [0.2, 0.25) is 0 Å². The molecule has 1 unspecified atom stereocenters. The fraction of sp³-hybridized carbons (Fsp3) is 0.739. The predicted molar refractivity (Wildman–Crippen MR) is 116 cm³/mol. The lowest BCUT2D eigenvalue weighted by atomic mass is 9.91. The van der Waals surface area contributed by atoms with Crippen molar-refractivity contribution in [1.29, 1.82) is 0 Å². The largest absolute Gasteiger partial charge is 0.314 e. The standard InChI is InChI=1S/C23H35N5O/c29-23-19-11-5-4-10-18(19)20-16-26-27(22(20)28(23)21-12-6-13-25-21)15-7-14-24-17-8-2-1-3-9-17/h16-17,21,24-25H,1-15H2. The first-order valence-electron chi connectivity index (χ1n) is 11.9. The van der Waals surface area contributed by atoms with Crippen molar-refractivity contribution in [2.75, 3.05) is 13.1 Å². The molecule has 158 valence electrons. The topological polar surface area (TPSA) is 63.9 Å². The first-order valence-corrected chi connectivity index (χ1v) is 11.9. The molecule has 2 aromatic heterocycles. The third-order valence-electron chi connectivity index (χ3n) is 7.24. The molecule has 5 rings (SSSR count). The van der Waals surface area contributed by atoms with Gasteiger partial charge in [0.15, 0.2) is 0 Å². The normalized spacial score (nSPS) is 23.0. The molecule has 0 amide bonds. The van der Waals surface area contributed by atoms with Gasteiger partial charge in [-0.05, 0) is 76.4 Å². The molecule has 1 saturated carbocycles. The Bertz CT molecular complexity index is 902. The number of aromatic nitrogens is 3. The second-order valence-corrected chi connectivity index (χ2v) is 9.20. The summed E-state index contributed by atoms with van der Waals surface area (Å²) in [5.74, 6) is 0. The van der Waals surface area contributed by atoms with Gasteiger partial charge in [0.25, 0.3) is 5.56 Å². The van der Waals surface area contributed by atoms with Crippen LogP contribution in [-0.2, 0) is 19.4 Å². The molecular weight excluding hydrogens is 362 g/mol. The van der Waals surface area contributed by atoms with Crippen LogP contribution in [0.4, 0.5) is 0 Å². The summed E-state index contributed by atoms with van der Waals surface area (Å²) in [7, 11) is 0. The van der Waals surface area contributed by atoms with Gasteiger partial charge in [-0.15, -0.1) is 0 Å². The van der Waals surface area contributed by atoms with E-state index in [9.17, 15) is 4.79 Å². The van der Waals surface area contributed by atoms with Crippen LogP contribution in [-0.4, -0.2) is 33.5 Å². The van der Waals surface area contributed by atoms with E-state index >= 15 is 0 Å². The fourth-order valence-corrected chi connectivity index (χ4v) is 5.71. The average molecular weight is 398 g/mol. The second kappa shape index (κ2) is 8.60. The van der Waals surface area contributed by atoms with Crippen molar-refractivity contribution in [3.05, 3.63) is 27.7 Å². The molecule has 1 aliphatic heterocycles. The third-order valence-corrected chi connectivity index (χ3v) is 7.24. The van der Waals surface area contributed by atoms with E-state index in [0.717, 1.165) is 69.4 Å². The number of pyridine rings is 1. The second-order valence-electron chi connectivity index (χ2n) is 9.20. The molecule has 1 atom stereocenters. The van der Waals surface area contributed by atoms with Crippen LogP contribution >= 0.6 is 0 Å². The van der Waals surface area contributed by atoms with Crippen LogP contribution in [0.15, 0.2) is 11.0 Å². The molecular formula is C23H35N5O. The zero-order valence-electron chi connectivity index (χ0n) is 17.6. The number of hydrogen-bond donors (Lipinski definition) is 2. The van der Waals surface area contributed by atoms with E-state index in [1.54, 1.807) is 0 Å². The van der Waals surface area contributed by atoms with Gasteiger partial charge >= 0.3 is 0 Å². The smallest absolute Gasteiger partial charge is 0.256 e. The van der Waals surface area contributed by atoms with Crippen LogP contribution in [0.1, 0.15) is 81.5 Å². The summed E-state index contributed by atoms with van der Waals surface area (Å²) in [5.41, 5.74) is 3.61. The Labute approximate surface area is 173 Å². The SMILES string of the molecule is O=c1c2c(c3cnn(CCCNC4CCCCC4)c3n1C1CCCN1)CCCC2. The van der Waals surface area contributed by atoms with Crippen molar-refractivity contribution in [3.63, 3.8) is 0 Å². The van der Waals surface area contributed by atoms with Crippen molar-refractivity contribution in [3.8, 4) is 0 Å². The molecule has 2 N–H and O–H groups in total. The van der Waals surface area contributed by atoms with E-state index in [4.69, 9.17) is 5.10 Å². The van der Waals surface area contributed by atoms with Crippen molar-refractivity contribution in [1.82, 2.24) is 25.0 Å². The summed E-state index contributed by atoms with van der Waals surface area (Å²) < 4.78 is 4.15.